The summed E-state index contributed by atoms with van der Waals surface area (Å²) in [5.74, 6) is -0.278. The SMILES string of the molecule is C=C/C(C)=C(\C=C/CCC)C(=O)OC(C)C. The zero-order valence-corrected chi connectivity index (χ0v) is 10.7. The molecule has 0 aromatic rings. The number of allylic oxidation sites excluding steroid dienone is 3. The third kappa shape index (κ3) is 5.54. The van der Waals surface area contributed by atoms with Gasteiger partial charge in [0.15, 0.2) is 0 Å². The van der Waals surface area contributed by atoms with Gasteiger partial charge in [0.2, 0.25) is 0 Å². The van der Waals surface area contributed by atoms with Crippen molar-refractivity contribution in [3.05, 3.63) is 36.0 Å². The van der Waals surface area contributed by atoms with Crippen molar-refractivity contribution < 1.29 is 9.53 Å². The molecular weight excluding hydrogens is 200 g/mol. The van der Waals surface area contributed by atoms with Gasteiger partial charge in [-0.1, -0.05) is 38.2 Å². The van der Waals surface area contributed by atoms with Crippen molar-refractivity contribution in [1.82, 2.24) is 0 Å². The Morgan fingerprint density at radius 2 is 2.06 bits per heavy atom. The van der Waals surface area contributed by atoms with E-state index in [4.69, 9.17) is 4.74 Å². The van der Waals surface area contributed by atoms with Gasteiger partial charge in [-0.2, -0.15) is 0 Å². The summed E-state index contributed by atoms with van der Waals surface area (Å²) in [5, 5.41) is 0. The van der Waals surface area contributed by atoms with E-state index >= 15 is 0 Å². The molecule has 2 heteroatoms. The van der Waals surface area contributed by atoms with Gasteiger partial charge in [-0.25, -0.2) is 4.79 Å². The molecule has 0 amide bonds. The summed E-state index contributed by atoms with van der Waals surface area (Å²) in [4.78, 5) is 11.8. The van der Waals surface area contributed by atoms with Crippen LogP contribution in [0, 0.1) is 0 Å². The first-order valence-electron chi connectivity index (χ1n) is 5.73. The van der Waals surface area contributed by atoms with Crippen molar-refractivity contribution in [1.29, 1.82) is 0 Å². The zero-order chi connectivity index (χ0) is 12.6. The molecule has 0 aromatic heterocycles. The lowest BCUT2D eigenvalue weighted by molar-refractivity contribution is -0.142. The van der Waals surface area contributed by atoms with E-state index < -0.39 is 0 Å². The second kappa shape index (κ2) is 7.91. The molecule has 0 unspecified atom stereocenters. The van der Waals surface area contributed by atoms with Crippen LogP contribution in [-0.4, -0.2) is 12.1 Å². The Labute approximate surface area is 98.7 Å². The lowest BCUT2D eigenvalue weighted by Crippen LogP contribution is -2.13. The highest BCUT2D eigenvalue weighted by Gasteiger charge is 2.11. The van der Waals surface area contributed by atoms with E-state index in [0.29, 0.717) is 5.57 Å². The number of esters is 1. The fourth-order valence-corrected chi connectivity index (χ4v) is 1.12. The fourth-order valence-electron chi connectivity index (χ4n) is 1.12. The number of unbranched alkanes of at least 4 members (excludes halogenated alkanes) is 1. The van der Waals surface area contributed by atoms with Gasteiger partial charge in [-0.3, -0.25) is 0 Å². The third-order valence-corrected chi connectivity index (χ3v) is 2.03. The Morgan fingerprint density at radius 3 is 2.50 bits per heavy atom. The lowest BCUT2D eigenvalue weighted by Gasteiger charge is -2.09. The molecule has 0 bridgehead atoms. The van der Waals surface area contributed by atoms with Crippen molar-refractivity contribution in [2.75, 3.05) is 0 Å². The first-order valence-corrected chi connectivity index (χ1v) is 5.73. The number of carbonyl (C=O) groups is 1. The molecule has 16 heavy (non-hydrogen) atoms. The molecule has 0 aliphatic carbocycles. The molecule has 0 saturated carbocycles. The van der Waals surface area contributed by atoms with Crippen LogP contribution in [0.1, 0.15) is 40.5 Å². The number of hydrogen-bond donors (Lipinski definition) is 0. The zero-order valence-electron chi connectivity index (χ0n) is 10.7. The minimum atomic E-state index is -0.278. The minimum Gasteiger partial charge on any atom is -0.459 e. The molecular formula is C14H22O2. The van der Waals surface area contributed by atoms with Crippen LogP contribution in [0.2, 0.25) is 0 Å². The molecule has 90 valence electrons. The maximum Gasteiger partial charge on any atom is 0.338 e. The van der Waals surface area contributed by atoms with E-state index in [-0.39, 0.29) is 12.1 Å². The van der Waals surface area contributed by atoms with E-state index in [1.807, 2.05) is 32.9 Å². The van der Waals surface area contributed by atoms with Gasteiger partial charge in [-0.15, -0.1) is 0 Å². The van der Waals surface area contributed by atoms with Crippen molar-refractivity contribution >= 4 is 5.97 Å². The smallest absolute Gasteiger partial charge is 0.338 e. The van der Waals surface area contributed by atoms with Crippen LogP contribution in [0.15, 0.2) is 36.0 Å². The summed E-state index contributed by atoms with van der Waals surface area (Å²) >= 11 is 0. The molecule has 0 radical (unpaired) electrons. The minimum absolute atomic E-state index is 0.0975. The third-order valence-electron chi connectivity index (χ3n) is 2.03. The highest BCUT2D eigenvalue weighted by molar-refractivity contribution is 5.93. The number of hydrogen-bond acceptors (Lipinski definition) is 2. The van der Waals surface area contributed by atoms with Gasteiger partial charge >= 0.3 is 5.97 Å². The Kier molecular flexibility index (Phi) is 7.27. The maximum absolute atomic E-state index is 11.8. The Morgan fingerprint density at radius 1 is 1.44 bits per heavy atom. The summed E-state index contributed by atoms with van der Waals surface area (Å²) < 4.78 is 5.17. The average molecular weight is 222 g/mol. The topological polar surface area (TPSA) is 26.3 Å². The molecule has 0 spiro atoms. The molecule has 0 N–H and O–H groups in total. The van der Waals surface area contributed by atoms with Crippen LogP contribution >= 0.6 is 0 Å². The van der Waals surface area contributed by atoms with Crippen LogP contribution < -0.4 is 0 Å². The van der Waals surface area contributed by atoms with E-state index in [1.54, 1.807) is 6.08 Å². The normalized spacial score (nSPS) is 12.8. The summed E-state index contributed by atoms with van der Waals surface area (Å²) in [6.45, 7) is 11.3. The van der Waals surface area contributed by atoms with Crippen LogP contribution in [-0.2, 0) is 9.53 Å². The number of rotatable bonds is 6. The summed E-state index contributed by atoms with van der Waals surface area (Å²) in [5.41, 5.74) is 1.44. The van der Waals surface area contributed by atoms with Crippen LogP contribution in [0.25, 0.3) is 0 Å². The molecule has 0 rings (SSSR count). The molecule has 0 fully saturated rings. The second-order valence-electron chi connectivity index (χ2n) is 3.95. The van der Waals surface area contributed by atoms with Gasteiger partial charge < -0.3 is 4.74 Å². The Balaban J connectivity index is 4.82. The average Bonchev–Trinajstić information content (AvgIpc) is 2.22. The first kappa shape index (κ1) is 14.7. The van der Waals surface area contributed by atoms with Crippen LogP contribution in [0.4, 0.5) is 0 Å². The van der Waals surface area contributed by atoms with E-state index in [1.165, 1.54) is 0 Å². The molecule has 0 heterocycles. The Bertz CT molecular complexity index is 296. The standard InChI is InChI=1S/C14H22O2/c1-6-8-9-10-13(12(5)7-2)14(15)16-11(3)4/h7,9-11H,2,6,8H2,1,3-5H3/b10-9-,13-12+. The van der Waals surface area contributed by atoms with Crippen molar-refractivity contribution in [2.24, 2.45) is 0 Å². The monoisotopic (exact) mass is 222 g/mol. The highest BCUT2D eigenvalue weighted by atomic mass is 16.5. The van der Waals surface area contributed by atoms with E-state index in [9.17, 15) is 4.79 Å². The molecule has 0 aromatic carbocycles. The quantitative estimate of drug-likeness (QED) is 0.388. The van der Waals surface area contributed by atoms with Gasteiger partial charge in [0.05, 0.1) is 11.7 Å². The molecule has 0 aliphatic heterocycles. The van der Waals surface area contributed by atoms with Crippen LogP contribution in [0.3, 0.4) is 0 Å². The van der Waals surface area contributed by atoms with Gasteiger partial charge in [0, 0.05) is 0 Å². The van der Waals surface area contributed by atoms with Crippen molar-refractivity contribution in [3.8, 4) is 0 Å². The summed E-state index contributed by atoms with van der Waals surface area (Å²) in [7, 11) is 0. The molecule has 2 nitrogen and oxygen atoms in total. The molecule has 0 saturated heterocycles. The second-order valence-corrected chi connectivity index (χ2v) is 3.95. The largest absolute Gasteiger partial charge is 0.459 e. The first-order chi connectivity index (χ1) is 7.52. The highest BCUT2D eigenvalue weighted by Crippen LogP contribution is 2.11. The molecule has 0 aliphatic rings. The van der Waals surface area contributed by atoms with Crippen molar-refractivity contribution in [2.45, 2.75) is 46.6 Å². The van der Waals surface area contributed by atoms with Crippen LogP contribution in [0.5, 0.6) is 0 Å². The number of carbonyl (C=O) groups excluding carboxylic acids is 1. The predicted octanol–water partition coefficient (Wildman–Crippen LogP) is 3.80. The van der Waals surface area contributed by atoms with E-state index in [0.717, 1.165) is 18.4 Å². The van der Waals surface area contributed by atoms with Gasteiger partial charge in [0.1, 0.15) is 0 Å². The van der Waals surface area contributed by atoms with Gasteiger partial charge in [0.25, 0.3) is 0 Å². The van der Waals surface area contributed by atoms with Crippen molar-refractivity contribution in [3.63, 3.8) is 0 Å². The lowest BCUT2D eigenvalue weighted by atomic mass is 10.1. The summed E-state index contributed by atoms with van der Waals surface area (Å²) in [6, 6.07) is 0. The predicted molar refractivity (Wildman–Crippen MR) is 68.2 cm³/mol. The molecule has 0 atom stereocenters. The Hall–Kier alpha value is -1.31. The van der Waals surface area contributed by atoms with Gasteiger partial charge in [-0.05, 0) is 32.8 Å². The summed E-state index contributed by atoms with van der Waals surface area (Å²) in [6.07, 6.45) is 7.42. The maximum atomic E-state index is 11.8. The number of ether oxygens (including phenoxy) is 1. The fraction of sp³-hybridized carbons (Fsp3) is 0.500. The van der Waals surface area contributed by atoms with E-state index in [2.05, 4.69) is 13.5 Å².